The van der Waals surface area contributed by atoms with Crippen molar-refractivity contribution in [1.82, 2.24) is 0 Å². The van der Waals surface area contributed by atoms with Crippen LogP contribution in [0.3, 0.4) is 0 Å². The third-order valence-corrected chi connectivity index (χ3v) is 3.54. The predicted molar refractivity (Wildman–Crippen MR) is 91.8 cm³/mol. The molecule has 0 saturated heterocycles. The highest BCUT2D eigenvalue weighted by atomic mass is 16.5. The van der Waals surface area contributed by atoms with Crippen LogP contribution in [0.2, 0.25) is 0 Å². The van der Waals surface area contributed by atoms with Gasteiger partial charge in [0.25, 0.3) is 0 Å². The lowest BCUT2D eigenvalue weighted by Crippen LogP contribution is -2.07. The van der Waals surface area contributed by atoms with Crippen molar-refractivity contribution in [1.29, 1.82) is 0 Å². The molecule has 0 radical (unpaired) electrons. The van der Waals surface area contributed by atoms with Crippen LogP contribution in [0.5, 0.6) is 5.75 Å². The highest BCUT2D eigenvalue weighted by Crippen LogP contribution is 2.16. The molecule has 3 heteroatoms. The molecule has 0 aliphatic carbocycles. The van der Waals surface area contributed by atoms with Gasteiger partial charge in [-0.15, -0.1) is 0 Å². The monoisotopic (exact) mass is 299 g/mol. The molecule has 0 unspecified atom stereocenters. The largest absolute Gasteiger partial charge is 0.491 e. The van der Waals surface area contributed by atoms with E-state index in [0.29, 0.717) is 13.2 Å². The number of aryl methyl sites for hydroxylation is 1. The van der Waals surface area contributed by atoms with Gasteiger partial charge in [0, 0.05) is 18.8 Å². The van der Waals surface area contributed by atoms with Gasteiger partial charge in [-0.2, -0.15) is 0 Å². The van der Waals surface area contributed by atoms with E-state index in [1.807, 2.05) is 31.2 Å². The predicted octanol–water partition coefficient (Wildman–Crippen LogP) is 4.06. The lowest BCUT2D eigenvalue weighted by Gasteiger charge is -2.10. The minimum Gasteiger partial charge on any atom is -0.491 e. The molecule has 0 heterocycles. The lowest BCUT2D eigenvalue weighted by molar-refractivity contribution is 0.110. The highest BCUT2D eigenvalue weighted by molar-refractivity contribution is 5.46. The number of ether oxygens (including phenoxy) is 2. The molecule has 0 aliphatic heterocycles. The Morgan fingerprint density at radius 2 is 1.73 bits per heavy atom. The maximum absolute atomic E-state index is 5.60. The summed E-state index contributed by atoms with van der Waals surface area (Å²) in [5.74, 6) is 0.879. The normalized spacial score (nSPS) is 10.5. The van der Waals surface area contributed by atoms with Gasteiger partial charge in [0.15, 0.2) is 0 Å². The molecular weight excluding hydrogens is 274 g/mol. The summed E-state index contributed by atoms with van der Waals surface area (Å²) in [6, 6.07) is 16.6. The van der Waals surface area contributed by atoms with Crippen LogP contribution in [-0.2, 0) is 11.2 Å². The van der Waals surface area contributed by atoms with E-state index in [1.54, 1.807) is 0 Å². The molecule has 2 aromatic carbocycles. The van der Waals surface area contributed by atoms with Gasteiger partial charge < -0.3 is 14.8 Å². The Kier molecular flexibility index (Phi) is 6.78. The van der Waals surface area contributed by atoms with Crippen LogP contribution in [0.1, 0.15) is 18.1 Å². The first-order valence-electron chi connectivity index (χ1n) is 7.88. The summed E-state index contributed by atoms with van der Waals surface area (Å²) in [6.45, 7) is 7.02. The summed E-state index contributed by atoms with van der Waals surface area (Å²) in [7, 11) is 0. The molecule has 0 aromatic heterocycles. The summed E-state index contributed by atoms with van der Waals surface area (Å²) in [5.41, 5.74) is 3.86. The van der Waals surface area contributed by atoms with Crippen molar-refractivity contribution < 1.29 is 9.47 Å². The van der Waals surface area contributed by atoms with E-state index in [1.165, 1.54) is 11.1 Å². The summed E-state index contributed by atoms with van der Waals surface area (Å²) < 4.78 is 10.8. The van der Waals surface area contributed by atoms with Crippen molar-refractivity contribution in [3.8, 4) is 5.75 Å². The fourth-order valence-corrected chi connectivity index (χ4v) is 2.26. The zero-order valence-corrected chi connectivity index (χ0v) is 13.5. The number of benzene rings is 2. The molecule has 1 N–H and O–H groups in total. The van der Waals surface area contributed by atoms with Crippen LogP contribution in [0.25, 0.3) is 0 Å². The summed E-state index contributed by atoms with van der Waals surface area (Å²) in [5, 5.41) is 3.44. The number of hydrogen-bond donors (Lipinski definition) is 1. The molecular formula is C19H25NO2. The third kappa shape index (κ3) is 5.41. The minimum atomic E-state index is 0.591. The smallest absolute Gasteiger partial charge is 0.119 e. The first-order chi connectivity index (χ1) is 10.8. The van der Waals surface area contributed by atoms with Crippen LogP contribution < -0.4 is 10.1 Å². The number of rotatable bonds is 9. The fraction of sp³-hybridized carbons (Fsp3) is 0.368. The Labute approximate surface area is 133 Å². The average Bonchev–Trinajstić information content (AvgIpc) is 2.55. The van der Waals surface area contributed by atoms with E-state index >= 15 is 0 Å². The second-order valence-corrected chi connectivity index (χ2v) is 5.17. The van der Waals surface area contributed by atoms with Gasteiger partial charge in [-0.1, -0.05) is 24.3 Å². The van der Waals surface area contributed by atoms with Crippen molar-refractivity contribution in [2.45, 2.75) is 20.3 Å². The minimum absolute atomic E-state index is 0.591. The van der Waals surface area contributed by atoms with E-state index in [4.69, 9.17) is 9.47 Å². The summed E-state index contributed by atoms with van der Waals surface area (Å²) in [6.07, 6.45) is 1.03. The van der Waals surface area contributed by atoms with Crippen molar-refractivity contribution in [2.24, 2.45) is 0 Å². The van der Waals surface area contributed by atoms with Gasteiger partial charge >= 0.3 is 0 Å². The van der Waals surface area contributed by atoms with Gasteiger partial charge in [0.1, 0.15) is 12.4 Å². The van der Waals surface area contributed by atoms with Crippen molar-refractivity contribution in [3.63, 3.8) is 0 Å². The molecule has 0 aliphatic rings. The Balaban J connectivity index is 1.73. The summed E-state index contributed by atoms with van der Waals surface area (Å²) in [4.78, 5) is 0. The molecule has 2 rings (SSSR count). The topological polar surface area (TPSA) is 30.5 Å². The standard InChI is InChI=1S/C19H25NO2/c1-3-21-14-15-22-19-10-8-18(9-11-19)20-13-12-17-7-5-4-6-16(17)2/h4-11,20H,3,12-15H2,1-2H3. The first-order valence-corrected chi connectivity index (χ1v) is 7.88. The second-order valence-electron chi connectivity index (χ2n) is 5.17. The molecule has 0 amide bonds. The van der Waals surface area contributed by atoms with Crippen LogP contribution in [0.4, 0.5) is 5.69 Å². The van der Waals surface area contributed by atoms with E-state index in [9.17, 15) is 0 Å². The highest BCUT2D eigenvalue weighted by Gasteiger charge is 1.98. The van der Waals surface area contributed by atoms with Crippen LogP contribution in [0, 0.1) is 6.92 Å². The zero-order valence-electron chi connectivity index (χ0n) is 13.5. The van der Waals surface area contributed by atoms with Crippen molar-refractivity contribution >= 4 is 5.69 Å². The first kappa shape index (κ1) is 16.4. The Hall–Kier alpha value is -2.00. The maximum atomic E-state index is 5.60. The van der Waals surface area contributed by atoms with Crippen LogP contribution >= 0.6 is 0 Å². The van der Waals surface area contributed by atoms with Crippen LogP contribution in [0.15, 0.2) is 48.5 Å². The quantitative estimate of drug-likeness (QED) is 0.708. The maximum Gasteiger partial charge on any atom is 0.119 e. The molecule has 3 nitrogen and oxygen atoms in total. The van der Waals surface area contributed by atoms with Crippen LogP contribution in [-0.4, -0.2) is 26.4 Å². The van der Waals surface area contributed by atoms with Gasteiger partial charge in [0.05, 0.1) is 6.61 Å². The molecule has 22 heavy (non-hydrogen) atoms. The number of anilines is 1. The number of hydrogen-bond acceptors (Lipinski definition) is 3. The molecule has 0 bridgehead atoms. The molecule has 0 saturated carbocycles. The molecule has 0 spiro atoms. The van der Waals surface area contributed by atoms with Gasteiger partial charge in [-0.05, 0) is 55.7 Å². The SMILES string of the molecule is CCOCCOc1ccc(NCCc2ccccc2C)cc1. The lowest BCUT2D eigenvalue weighted by atomic mass is 10.1. The molecule has 0 atom stereocenters. The number of nitrogens with one attached hydrogen (secondary N) is 1. The molecule has 118 valence electrons. The summed E-state index contributed by atoms with van der Waals surface area (Å²) >= 11 is 0. The van der Waals surface area contributed by atoms with Gasteiger partial charge in [-0.25, -0.2) is 0 Å². The molecule has 0 fully saturated rings. The van der Waals surface area contributed by atoms with Gasteiger partial charge in [0.2, 0.25) is 0 Å². The average molecular weight is 299 g/mol. The Morgan fingerprint density at radius 1 is 0.955 bits per heavy atom. The fourth-order valence-electron chi connectivity index (χ4n) is 2.26. The third-order valence-electron chi connectivity index (χ3n) is 3.54. The second kappa shape index (κ2) is 9.11. The zero-order chi connectivity index (χ0) is 15.6. The van der Waals surface area contributed by atoms with Gasteiger partial charge in [-0.3, -0.25) is 0 Å². The van der Waals surface area contributed by atoms with E-state index in [0.717, 1.165) is 31.0 Å². The van der Waals surface area contributed by atoms with E-state index in [-0.39, 0.29) is 0 Å². The Morgan fingerprint density at radius 3 is 2.45 bits per heavy atom. The van der Waals surface area contributed by atoms with Crippen molar-refractivity contribution in [3.05, 3.63) is 59.7 Å². The molecule has 2 aromatic rings. The Bertz CT molecular complexity index is 552. The van der Waals surface area contributed by atoms with E-state index in [2.05, 4.69) is 36.5 Å². The van der Waals surface area contributed by atoms with Crippen molar-refractivity contribution in [2.75, 3.05) is 31.7 Å². The van der Waals surface area contributed by atoms with E-state index < -0.39 is 0 Å².